The molecule has 0 spiro atoms. The molecule has 0 fully saturated rings. The third kappa shape index (κ3) is 3.92. The molecule has 1 heterocycles. The number of carbonyl (C=O) groups is 1. The predicted octanol–water partition coefficient (Wildman–Crippen LogP) is 3.26. The average molecular weight is 306 g/mol. The molecule has 1 N–H and O–H groups in total. The smallest absolute Gasteiger partial charge is 0.156 e. The molecule has 0 aliphatic heterocycles. The third-order valence-electron chi connectivity index (χ3n) is 2.80. The first kappa shape index (κ1) is 15.3. The van der Waals surface area contributed by atoms with Crippen molar-refractivity contribution in [1.82, 2.24) is 9.97 Å². The van der Waals surface area contributed by atoms with Crippen molar-refractivity contribution < 1.29 is 9.53 Å². The molecule has 110 valence electrons. The van der Waals surface area contributed by atoms with E-state index in [9.17, 15) is 4.79 Å². The highest BCUT2D eigenvalue weighted by Crippen LogP contribution is 2.20. The van der Waals surface area contributed by atoms with Crippen molar-refractivity contribution in [2.24, 2.45) is 0 Å². The van der Waals surface area contributed by atoms with Gasteiger partial charge >= 0.3 is 0 Å². The largest absolute Gasteiger partial charge is 0.494 e. The molecule has 0 atom stereocenters. The molecule has 5 nitrogen and oxygen atoms in total. The summed E-state index contributed by atoms with van der Waals surface area (Å²) in [6.45, 7) is 4.79. The van der Waals surface area contributed by atoms with Crippen LogP contribution in [-0.4, -0.2) is 22.9 Å². The molecule has 0 saturated carbocycles. The summed E-state index contributed by atoms with van der Waals surface area (Å²) in [5.74, 6) is 1.75. The second-order valence-electron chi connectivity index (χ2n) is 4.38. The van der Waals surface area contributed by atoms with Crippen LogP contribution in [0.4, 0.5) is 5.82 Å². The van der Waals surface area contributed by atoms with E-state index < -0.39 is 0 Å². The SMILES string of the molecule is CCOc1cccc(CNc2nc(C)nc(Cl)c2C=O)c1. The van der Waals surface area contributed by atoms with Crippen molar-refractivity contribution in [1.29, 1.82) is 0 Å². The standard InChI is InChI=1S/C15H16ClN3O2/c1-3-21-12-6-4-5-11(7-12)8-17-15-13(9-20)14(16)18-10(2)19-15/h4-7,9H,3,8H2,1-2H3,(H,17,18,19). The molecule has 0 bridgehead atoms. The molecule has 0 saturated heterocycles. The molecule has 2 rings (SSSR count). The van der Waals surface area contributed by atoms with Gasteiger partial charge in [-0.2, -0.15) is 0 Å². The molecular weight excluding hydrogens is 290 g/mol. The van der Waals surface area contributed by atoms with Crippen molar-refractivity contribution in [2.45, 2.75) is 20.4 Å². The summed E-state index contributed by atoms with van der Waals surface area (Å²) in [6, 6.07) is 7.72. The van der Waals surface area contributed by atoms with Crippen LogP contribution in [0, 0.1) is 6.92 Å². The van der Waals surface area contributed by atoms with Crippen LogP contribution >= 0.6 is 11.6 Å². The highest BCUT2D eigenvalue weighted by Gasteiger charge is 2.10. The van der Waals surface area contributed by atoms with Crippen LogP contribution in [-0.2, 0) is 6.54 Å². The highest BCUT2D eigenvalue weighted by atomic mass is 35.5. The molecule has 0 unspecified atom stereocenters. The van der Waals surface area contributed by atoms with E-state index in [0.29, 0.717) is 31.1 Å². The number of hydrogen-bond donors (Lipinski definition) is 1. The van der Waals surface area contributed by atoms with Gasteiger partial charge in [-0.1, -0.05) is 23.7 Å². The number of nitrogens with zero attached hydrogens (tertiary/aromatic N) is 2. The maximum atomic E-state index is 11.1. The van der Waals surface area contributed by atoms with Crippen LogP contribution in [0.3, 0.4) is 0 Å². The second kappa shape index (κ2) is 7.04. The van der Waals surface area contributed by atoms with Crippen molar-refractivity contribution >= 4 is 23.7 Å². The van der Waals surface area contributed by atoms with Gasteiger partial charge in [0, 0.05) is 6.54 Å². The Bertz CT molecular complexity index is 647. The lowest BCUT2D eigenvalue weighted by Gasteiger charge is -2.10. The monoisotopic (exact) mass is 305 g/mol. The van der Waals surface area contributed by atoms with Crippen LogP contribution in [0.25, 0.3) is 0 Å². The van der Waals surface area contributed by atoms with E-state index in [0.717, 1.165) is 11.3 Å². The normalized spacial score (nSPS) is 10.2. The van der Waals surface area contributed by atoms with Gasteiger partial charge in [0.2, 0.25) is 0 Å². The predicted molar refractivity (Wildman–Crippen MR) is 82.1 cm³/mol. The fourth-order valence-electron chi connectivity index (χ4n) is 1.88. The Balaban J connectivity index is 2.16. The molecular formula is C15H16ClN3O2. The zero-order valence-corrected chi connectivity index (χ0v) is 12.6. The zero-order valence-electron chi connectivity index (χ0n) is 11.9. The Hall–Kier alpha value is -2.14. The Labute approximate surface area is 128 Å². The van der Waals surface area contributed by atoms with Crippen LogP contribution in [0.5, 0.6) is 5.75 Å². The number of benzene rings is 1. The summed E-state index contributed by atoms with van der Waals surface area (Å²) in [5, 5.41) is 3.26. The molecule has 0 aliphatic rings. The number of halogens is 1. The van der Waals surface area contributed by atoms with Crippen LogP contribution in [0.2, 0.25) is 5.15 Å². The number of aromatic nitrogens is 2. The van der Waals surface area contributed by atoms with Gasteiger partial charge in [0.1, 0.15) is 22.5 Å². The first-order chi connectivity index (χ1) is 10.1. The van der Waals surface area contributed by atoms with Crippen molar-refractivity contribution in [3.63, 3.8) is 0 Å². The lowest BCUT2D eigenvalue weighted by molar-refractivity contribution is 0.112. The van der Waals surface area contributed by atoms with Crippen molar-refractivity contribution in [2.75, 3.05) is 11.9 Å². The first-order valence-corrected chi connectivity index (χ1v) is 6.96. The summed E-state index contributed by atoms with van der Waals surface area (Å²) in [4.78, 5) is 19.3. The maximum absolute atomic E-state index is 11.1. The van der Waals surface area contributed by atoms with Gasteiger partial charge in [0.25, 0.3) is 0 Å². The summed E-state index contributed by atoms with van der Waals surface area (Å²) in [5.41, 5.74) is 1.29. The number of rotatable bonds is 6. The minimum atomic E-state index is 0.156. The first-order valence-electron chi connectivity index (χ1n) is 6.59. The minimum Gasteiger partial charge on any atom is -0.494 e. The van der Waals surface area contributed by atoms with E-state index in [1.54, 1.807) is 6.92 Å². The molecule has 2 aromatic rings. The van der Waals surface area contributed by atoms with Gasteiger partial charge in [0.15, 0.2) is 6.29 Å². The number of nitrogens with one attached hydrogen (secondary N) is 1. The van der Waals surface area contributed by atoms with Crippen LogP contribution < -0.4 is 10.1 Å². The summed E-state index contributed by atoms with van der Waals surface area (Å²) < 4.78 is 5.45. The van der Waals surface area contributed by atoms with E-state index >= 15 is 0 Å². The Morgan fingerprint density at radius 3 is 2.90 bits per heavy atom. The second-order valence-corrected chi connectivity index (χ2v) is 4.73. The zero-order chi connectivity index (χ0) is 15.2. The van der Waals surface area contributed by atoms with E-state index in [4.69, 9.17) is 16.3 Å². The van der Waals surface area contributed by atoms with Crippen LogP contribution in [0.1, 0.15) is 28.7 Å². The van der Waals surface area contributed by atoms with Gasteiger partial charge < -0.3 is 10.1 Å². The number of hydrogen-bond acceptors (Lipinski definition) is 5. The molecule has 1 aromatic carbocycles. The van der Waals surface area contributed by atoms with Crippen LogP contribution in [0.15, 0.2) is 24.3 Å². The number of ether oxygens (including phenoxy) is 1. The van der Waals surface area contributed by atoms with E-state index in [1.807, 2.05) is 31.2 Å². The Morgan fingerprint density at radius 2 is 2.19 bits per heavy atom. The average Bonchev–Trinajstić information content (AvgIpc) is 2.45. The quantitative estimate of drug-likeness (QED) is 0.655. The van der Waals surface area contributed by atoms with E-state index in [-0.39, 0.29) is 10.7 Å². The molecule has 0 aliphatic carbocycles. The van der Waals surface area contributed by atoms with E-state index in [1.165, 1.54) is 0 Å². The fourth-order valence-corrected chi connectivity index (χ4v) is 2.14. The molecule has 0 radical (unpaired) electrons. The number of aldehydes is 1. The molecule has 21 heavy (non-hydrogen) atoms. The number of aryl methyl sites for hydroxylation is 1. The maximum Gasteiger partial charge on any atom is 0.156 e. The summed E-state index contributed by atoms with van der Waals surface area (Å²) in [6.07, 6.45) is 0.653. The van der Waals surface area contributed by atoms with E-state index in [2.05, 4.69) is 15.3 Å². The van der Waals surface area contributed by atoms with Gasteiger partial charge in [-0.3, -0.25) is 4.79 Å². The van der Waals surface area contributed by atoms with Crippen molar-refractivity contribution in [3.05, 3.63) is 46.4 Å². The number of carbonyl (C=O) groups excluding carboxylic acids is 1. The topological polar surface area (TPSA) is 64.1 Å². The molecule has 1 aromatic heterocycles. The van der Waals surface area contributed by atoms with Gasteiger partial charge in [-0.25, -0.2) is 9.97 Å². The molecule has 0 amide bonds. The molecule has 6 heteroatoms. The lowest BCUT2D eigenvalue weighted by Crippen LogP contribution is -2.07. The Morgan fingerprint density at radius 1 is 1.38 bits per heavy atom. The van der Waals surface area contributed by atoms with Gasteiger partial charge in [-0.15, -0.1) is 0 Å². The fraction of sp³-hybridized carbons (Fsp3) is 0.267. The summed E-state index contributed by atoms with van der Waals surface area (Å²) in [7, 11) is 0. The Kier molecular flexibility index (Phi) is 5.11. The highest BCUT2D eigenvalue weighted by molar-refractivity contribution is 6.32. The lowest BCUT2D eigenvalue weighted by atomic mass is 10.2. The third-order valence-corrected chi connectivity index (χ3v) is 3.09. The van der Waals surface area contributed by atoms with Crippen molar-refractivity contribution in [3.8, 4) is 5.75 Å². The summed E-state index contributed by atoms with van der Waals surface area (Å²) >= 11 is 5.94. The minimum absolute atomic E-state index is 0.156. The van der Waals surface area contributed by atoms with Gasteiger partial charge in [0.05, 0.1) is 12.2 Å². The van der Waals surface area contributed by atoms with Gasteiger partial charge in [-0.05, 0) is 31.5 Å². The number of anilines is 1.